The average molecular weight is 264 g/mol. The highest BCUT2D eigenvalue weighted by molar-refractivity contribution is 5.92. The second kappa shape index (κ2) is 7.27. The summed E-state index contributed by atoms with van der Waals surface area (Å²) in [5, 5.41) is 22.2. The molecule has 1 aromatic carbocycles. The Balaban J connectivity index is 2.66. The van der Waals surface area contributed by atoms with Crippen molar-refractivity contribution in [3.05, 3.63) is 46.0 Å². The first-order valence-electron chi connectivity index (χ1n) is 5.84. The molecule has 6 heteroatoms. The molecule has 0 aliphatic carbocycles. The fourth-order valence-electron chi connectivity index (χ4n) is 1.36. The fourth-order valence-corrected chi connectivity index (χ4v) is 1.36. The van der Waals surface area contributed by atoms with Gasteiger partial charge in [0.2, 0.25) is 5.91 Å². The zero-order valence-electron chi connectivity index (χ0n) is 10.6. The molecule has 1 aromatic rings. The lowest BCUT2D eigenvalue weighted by molar-refractivity contribution is -0.385. The monoisotopic (exact) mass is 264 g/mol. The molecule has 2 N–H and O–H groups in total. The Bertz CT molecular complexity index is 485. The van der Waals surface area contributed by atoms with Crippen molar-refractivity contribution < 1.29 is 14.8 Å². The second-order valence-corrected chi connectivity index (χ2v) is 4.18. The van der Waals surface area contributed by atoms with E-state index in [0.29, 0.717) is 12.1 Å². The van der Waals surface area contributed by atoms with Crippen LogP contribution in [0.2, 0.25) is 0 Å². The van der Waals surface area contributed by atoms with Gasteiger partial charge in [0.1, 0.15) is 0 Å². The van der Waals surface area contributed by atoms with Crippen molar-refractivity contribution in [2.45, 2.75) is 6.92 Å². The number of amides is 1. The van der Waals surface area contributed by atoms with Gasteiger partial charge in [-0.2, -0.15) is 0 Å². The molecule has 1 amide bonds. The van der Waals surface area contributed by atoms with E-state index in [9.17, 15) is 14.9 Å². The third-order valence-electron chi connectivity index (χ3n) is 2.48. The number of nitrogens with zero attached hydrogens (tertiary/aromatic N) is 1. The molecule has 102 valence electrons. The Morgan fingerprint density at radius 2 is 2.21 bits per heavy atom. The van der Waals surface area contributed by atoms with E-state index in [1.165, 1.54) is 18.2 Å². The van der Waals surface area contributed by atoms with Crippen LogP contribution in [0.4, 0.5) is 5.69 Å². The molecule has 0 spiro atoms. The van der Waals surface area contributed by atoms with E-state index in [1.54, 1.807) is 25.1 Å². The van der Waals surface area contributed by atoms with Crippen molar-refractivity contribution in [1.29, 1.82) is 0 Å². The fraction of sp³-hybridized carbons (Fsp3) is 0.308. The Kier molecular flexibility index (Phi) is 5.69. The molecule has 6 nitrogen and oxygen atoms in total. The van der Waals surface area contributed by atoms with Gasteiger partial charge in [-0.1, -0.05) is 19.1 Å². The summed E-state index contributed by atoms with van der Waals surface area (Å²) in [7, 11) is 0. The van der Waals surface area contributed by atoms with Crippen LogP contribution in [0.1, 0.15) is 12.5 Å². The number of aliphatic hydroxyl groups is 1. The molecule has 1 rings (SSSR count). The lowest BCUT2D eigenvalue weighted by Gasteiger charge is -2.07. The zero-order chi connectivity index (χ0) is 14.3. The summed E-state index contributed by atoms with van der Waals surface area (Å²) in [6.07, 6.45) is 2.64. The summed E-state index contributed by atoms with van der Waals surface area (Å²) < 4.78 is 0. The number of aliphatic hydroxyl groups excluding tert-OH is 1. The average Bonchev–Trinajstić information content (AvgIpc) is 2.42. The number of nitrogens with one attached hydrogen (secondary N) is 1. The predicted octanol–water partition coefficient (Wildman–Crippen LogP) is 1.35. The van der Waals surface area contributed by atoms with Gasteiger partial charge in [-0.25, -0.2) is 0 Å². The van der Waals surface area contributed by atoms with E-state index in [-0.39, 0.29) is 24.1 Å². The number of benzene rings is 1. The summed E-state index contributed by atoms with van der Waals surface area (Å²) >= 11 is 0. The number of nitro benzene ring substituents is 1. The molecule has 0 saturated heterocycles. The molecule has 0 aliphatic heterocycles. The molecule has 0 aliphatic rings. The van der Waals surface area contributed by atoms with Crippen LogP contribution < -0.4 is 5.32 Å². The van der Waals surface area contributed by atoms with Gasteiger partial charge in [0.05, 0.1) is 10.5 Å². The van der Waals surface area contributed by atoms with Crippen molar-refractivity contribution in [2.24, 2.45) is 5.92 Å². The van der Waals surface area contributed by atoms with E-state index in [0.717, 1.165) is 0 Å². The van der Waals surface area contributed by atoms with Crippen LogP contribution in [0.15, 0.2) is 30.3 Å². The number of carbonyl (C=O) groups excluding carboxylic acids is 1. The van der Waals surface area contributed by atoms with Crippen molar-refractivity contribution >= 4 is 17.7 Å². The van der Waals surface area contributed by atoms with Crippen molar-refractivity contribution in [2.75, 3.05) is 13.2 Å². The molecule has 0 fully saturated rings. The molecule has 19 heavy (non-hydrogen) atoms. The van der Waals surface area contributed by atoms with E-state index in [2.05, 4.69) is 5.32 Å². The number of hydrogen-bond acceptors (Lipinski definition) is 4. The lowest BCUT2D eigenvalue weighted by Crippen LogP contribution is -2.27. The first-order valence-corrected chi connectivity index (χ1v) is 5.84. The van der Waals surface area contributed by atoms with Crippen molar-refractivity contribution in [3.63, 3.8) is 0 Å². The summed E-state index contributed by atoms with van der Waals surface area (Å²) in [6, 6.07) is 6.18. The third-order valence-corrected chi connectivity index (χ3v) is 2.48. The highest BCUT2D eigenvalue weighted by Crippen LogP contribution is 2.18. The van der Waals surface area contributed by atoms with Crippen LogP contribution >= 0.6 is 0 Å². The second-order valence-electron chi connectivity index (χ2n) is 4.18. The number of carbonyl (C=O) groups is 1. The number of nitro groups is 1. The van der Waals surface area contributed by atoms with Crippen LogP contribution in [-0.4, -0.2) is 29.1 Å². The van der Waals surface area contributed by atoms with E-state index in [1.807, 2.05) is 0 Å². The summed E-state index contributed by atoms with van der Waals surface area (Å²) in [5.74, 6) is -0.373. The lowest BCUT2D eigenvalue weighted by atomic mass is 10.1. The zero-order valence-corrected chi connectivity index (χ0v) is 10.6. The van der Waals surface area contributed by atoms with Gasteiger partial charge < -0.3 is 10.4 Å². The number of rotatable bonds is 6. The normalized spacial score (nSPS) is 12.3. The van der Waals surface area contributed by atoms with E-state index in [4.69, 9.17) is 5.11 Å². The Labute approximate surface area is 110 Å². The molecule has 0 bridgehead atoms. The minimum Gasteiger partial charge on any atom is -0.396 e. The topological polar surface area (TPSA) is 92.5 Å². The summed E-state index contributed by atoms with van der Waals surface area (Å²) in [5.41, 5.74) is 0.327. The quantitative estimate of drug-likeness (QED) is 0.461. The summed E-state index contributed by atoms with van der Waals surface area (Å²) in [6.45, 7) is 2.15. The Morgan fingerprint density at radius 1 is 1.53 bits per heavy atom. The Morgan fingerprint density at radius 3 is 2.84 bits per heavy atom. The Hall–Kier alpha value is -2.21. The first-order chi connectivity index (χ1) is 9.04. The largest absolute Gasteiger partial charge is 0.396 e. The minimum absolute atomic E-state index is 0.00580. The third kappa shape index (κ3) is 4.89. The van der Waals surface area contributed by atoms with Crippen molar-refractivity contribution in [1.82, 2.24) is 5.32 Å². The van der Waals surface area contributed by atoms with Crippen LogP contribution in [-0.2, 0) is 4.79 Å². The maximum absolute atomic E-state index is 11.5. The highest BCUT2D eigenvalue weighted by atomic mass is 16.6. The van der Waals surface area contributed by atoms with Gasteiger partial charge >= 0.3 is 0 Å². The molecule has 1 unspecified atom stereocenters. The molecule has 0 aromatic heterocycles. The smallest absolute Gasteiger partial charge is 0.276 e. The number of hydrogen-bond donors (Lipinski definition) is 2. The molecule has 0 saturated carbocycles. The van der Waals surface area contributed by atoms with Crippen LogP contribution in [0.3, 0.4) is 0 Å². The predicted molar refractivity (Wildman–Crippen MR) is 71.4 cm³/mol. The molecular weight excluding hydrogens is 248 g/mol. The summed E-state index contributed by atoms with van der Waals surface area (Å²) in [4.78, 5) is 21.7. The van der Waals surface area contributed by atoms with Gasteiger partial charge in [-0.15, -0.1) is 0 Å². The van der Waals surface area contributed by atoms with Crippen LogP contribution in [0.25, 0.3) is 6.08 Å². The molecule has 0 heterocycles. The van der Waals surface area contributed by atoms with E-state index >= 15 is 0 Å². The standard InChI is InChI=1S/C13H16N2O4/c1-10(9-16)8-14-13(17)7-6-11-4-2-3-5-12(11)15(18)19/h2-7,10,16H,8-9H2,1H3,(H,14,17). The maximum atomic E-state index is 11.5. The van der Waals surface area contributed by atoms with Gasteiger partial charge in [0, 0.05) is 25.3 Å². The van der Waals surface area contributed by atoms with Gasteiger partial charge in [-0.3, -0.25) is 14.9 Å². The van der Waals surface area contributed by atoms with Crippen LogP contribution in [0, 0.1) is 16.0 Å². The number of para-hydroxylation sites is 1. The minimum atomic E-state index is -0.495. The first kappa shape index (κ1) is 14.8. The van der Waals surface area contributed by atoms with Gasteiger partial charge in [0.15, 0.2) is 0 Å². The maximum Gasteiger partial charge on any atom is 0.276 e. The highest BCUT2D eigenvalue weighted by Gasteiger charge is 2.09. The van der Waals surface area contributed by atoms with Gasteiger partial charge in [0.25, 0.3) is 5.69 Å². The van der Waals surface area contributed by atoms with Gasteiger partial charge in [-0.05, 0) is 18.1 Å². The molecular formula is C13H16N2O4. The van der Waals surface area contributed by atoms with E-state index < -0.39 is 4.92 Å². The SMILES string of the molecule is CC(CO)CNC(=O)C=Cc1ccccc1[N+](=O)[O-]. The molecule has 0 radical (unpaired) electrons. The van der Waals surface area contributed by atoms with Crippen molar-refractivity contribution in [3.8, 4) is 0 Å². The molecule has 1 atom stereocenters. The van der Waals surface area contributed by atoms with Crippen LogP contribution in [0.5, 0.6) is 0 Å².